The van der Waals surface area contributed by atoms with Crippen molar-refractivity contribution in [2.75, 3.05) is 19.0 Å². The fraction of sp³-hybridized carbons (Fsp3) is 0.533. The fourth-order valence-electron chi connectivity index (χ4n) is 2.14. The molecule has 1 aromatic carbocycles. The highest BCUT2D eigenvalue weighted by atomic mass is 32.2. The van der Waals surface area contributed by atoms with Crippen molar-refractivity contribution in [2.45, 2.75) is 32.4 Å². The molecule has 1 unspecified atom stereocenters. The Morgan fingerprint density at radius 1 is 1.45 bits per heavy atom. The summed E-state index contributed by atoms with van der Waals surface area (Å²) in [5.74, 6) is -0.116. The number of methoxy groups -OCH3 is 1. The van der Waals surface area contributed by atoms with Crippen molar-refractivity contribution < 1.29 is 9.13 Å². The largest absolute Gasteiger partial charge is 0.494 e. The summed E-state index contributed by atoms with van der Waals surface area (Å²) in [5.41, 5.74) is 1.10. The van der Waals surface area contributed by atoms with Crippen LogP contribution in [0.2, 0.25) is 0 Å². The zero-order valence-corrected chi connectivity index (χ0v) is 13.2. The first-order valence-corrected chi connectivity index (χ1v) is 7.57. The quantitative estimate of drug-likeness (QED) is 0.909. The molecule has 1 aliphatic heterocycles. The van der Waals surface area contributed by atoms with Gasteiger partial charge in [-0.05, 0) is 24.0 Å². The topological polar surface area (TPSA) is 33.6 Å². The van der Waals surface area contributed by atoms with Crippen molar-refractivity contribution >= 4 is 22.6 Å². The predicted octanol–water partition coefficient (Wildman–Crippen LogP) is 4.15. The van der Waals surface area contributed by atoms with Crippen LogP contribution in [0.3, 0.4) is 0 Å². The number of halogens is 1. The van der Waals surface area contributed by atoms with Crippen LogP contribution < -0.4 is 10.1 Å². The molecular formula is C15H21FN2OS. The maximum absolute atomic E-state index is 13.3. The van der Waals surface area contributed by atoms with E-state index in [1.54, 1.807) is 23.9 Å². The van der Waals surface area contributed by atoms with Crippen LogP contribution in [0.4, 0.5) is 10.1 Å². The highest BCUT2D eigenvalue weighted by molar-refractivity contribution is 8.15. The zero-order valence-electron chi connectivity index (χ0n) is 12.4. The Bertz CT molecular complexity index is 511. The number of nitrogens with zero attached hydrogens (tertiary/aromatic N) is 1. The van der Waals surface area contributed by atoms with Gasteiger partial charge in [-0.2, -0.15) is 0 Å². The number of benzene rings is 1. The molecule has 20 heavy (non-hydrogen) atoms. The maximum Gasteiger partial charge on any atom is 0.165 e. The van der Waals surface area contributed by atoms with E-state index in [2.05, 4.69) is 31.1 Å². The van der Waals surface area contributed by atoms with E-state index in [1.165, 1.54) is 13.2 Å². The highest BCUT2D eigenvalue weighted by Crippen LogP contribution is 2.33. The lowest BCUT2D eigenvalue weighted by molar-refractivity contribution is 0.375. The van der Waals surface area contributed by atoms with Crippen LogP contribution in [-0.2, 0) is 0 Å². The van der Waals surface area contributed by atoms with Gasteiger partial charge in [-0.3, -0.25) is 4.99 Å². The number of hydrogen-bond donors (Lipinski definition) is 1. The Kier molecular flexibility index (Phi) is 4.58. The normalized spacial score (nSPS) is 18.9. The average Bonchev–Trinajstić information content (AvgIpc) is 2.76. The second-order valence-corrected chi connectivity index (χ2v) is 7.41. The number of nitrogens with one attached hydrogen (secondary N) is 1. The van der Waals surface area contributed by atoms with Gasteiger partial charge in [-0.15, -0.1) is 0 Å². The molecule has 3 nitrogen and oxygen atoms in total. The molecule has 0 bridgehead atoms. The van der Waals surface area contributed by atoms with E-state index in [4.69, 9.17) is 4.74 Å². The summed E-state index contributed by atoms with van der Waals surface area (Å²) in [4.78, 5) is 4.51. The monoisotopic (exact) mass is 296 g/mol. The van der Waals surface area contributed by atoms with E-state index in [-0.39, 0.29) is 11.6 Å². The molecule has 110 valence electrons. The van der Waals surface area contributed by atoms with E-state index < -0.39 is 0 Å². The average molecular weight is 296 g/mol. The number of ether oxygens (including phenoxy) is 1. The van der Waals surface area contributed by atoms with Gasteiger partial charge in [0.2, 0.25) is 0 Å². The van der Waals surface area contributed by atoms with Gasteiger partial charge in [0, 0.05) is 17.0 Å². The Morgan fingerprint density at radius 2 is 2.20 bits per heavy atom. The van der Waals surface area contributed by atoms with Gasteiger partial charge in [0.25, 0.3) is 0 Å². The molecule has 0 saturated carbocycles. The molecule has 0 radical (unpaired) electrons. The number of thioether (sulfide) groups is 1. The van der Waals surface area contributed by atoms with Crippen molar-refractivity contribution in [3.63, 3.8) is 0 Å². The Morgan fingerprint density at radius 3 is 2.85 bits per heavy atom. The first-order valence-electron chi connectivity index (χ1n) is 6.69. The van der Waals surface area contributed by atoms with E-state index in [1.807, 2.05) is 0 Å². The van der Waals surface area contributed by atoms with E-state index in [9.17, 15) is 4.39 Å². The van der Waals surface area contributed by atoms with Gasteiger partial charge in [0.15, 0.2) is 16.7 Å². The molecule has 0 aliphatic carbocycles. The smallest absolute Gasteiger partial charge is 0.165 e. The SMILES string of the molecule is COc1cc(NC2=NCC(CC(C)(C)C)S2)ccc1F. The number of amidine groups is 1. The van der Waals surface area contributed by atoms with E-state index in [0.29, 0.717) is 10.7 Å². The lowest BCUT2D eigenvalue weighted by atomic mass is 9.90. The van der Waals surface area contributed by atoms with E-state index >= 15 is 0 Å². The van der Waals surface area contributed by atoms with Crippen molar-refractivity contribution in [1.29, 1.82) is 0 Å². The van der Waals surface area contributed by atoms with Crippen molar-refractivity contribution in [2.24, 2.45) is 10.4 Å². The molecule has 1 N–H and O–H groups in total. The first-order chi connectivity index (χ1) is 9.37. The minimum Gasteiger partial charge on any atom is -0.494 e. The van der Waals surface area contributed by atoms with Crippen LogP contribution in [0.1, 0.15) is 27.2 Å². The number of anilines is 1. The summed E-state index contributed by atoms with van der Waals surface area (Å²) >= 11 is 1.75. The molecule has 1 heterocycles. The molecule has 0 saturated heterocycles. The second kappa shape index (κ2) is 6.04. The molecule has 0 amide bonds. The van der Waals surface area contributed by atoms with Gasteiger partial charge >= 0.3 is 0 Å². The Hall–Kier alpha value is -1.23. The number of rotatable bonds is 3. The Balaban J connectivity index is 1.95. The van der Waals surface area contributed by atoms with E-state index in [0.717, 1.165) is 23.8 Å². The minimum absolute atomic E-state index is 0.241. The summed E-state index contributed by atoms with van der Waals surface area (Å²) in [5, 5.41) is 4.63. The van der Waals surface area contributed by atoms with Gasteiger partial charge < -0.3 is 10.1 Å². The van der Waals surface area contributed by atoms with Crippen LogP contribution in [-0.4, -0.2) is 24.1 Å². The standard InChI is InChI=1S/C15H21FN2OS/c1-15(2,3)8-11-9-17-14(20-11)18-10-5-6-12(16)13(7-10)19-4/h5-7,11H,8-9H2,1-4H3,(H,17,18). The third-order valence-electron chi connectivity index (χ3n) is 2.96. The summed E-state index contributed by atoms with van der Waals surface area (Å²) in [6, 6.07) is 4.74. The zero-order chi connectivity index (χ0) is 14.8. The molecule has 1 aromatic rings. The third-order valence-corrected chi connectivity index (χ3v) is 4.06. The minimum atomic E-state index is -0.357. The van der Waals surface area contributed by atoms with Gasteiger partial charge in [-0.1, -0.05) is 32.5 Å². The lowest BCUT2D eigenvalue weighted by Gasteiger charge is -2.21. The summed E-state index contributed by atoms with van der Waals surface area (Å²) in [6.45, 7) is 7.56. The van der Waals surface area contributed by atoms with Crippen LogP contribution in [0.5, 0.6) is 5.75 Å². The molecule has 1 atom stereocenters. The molecular weight excluding hydrogens is 275 g/mol. The van der Waals surface area contributed by atoms with Crippen LogP contribution in [0.25, 0.3) is 0 Å². The lowest BCUT2D eigenvalue weighted by Crippen LogP contribution is -2.16. The first kappa shape index (κ1) is 15.2. The number of hydrogen-bond acceptors (Lipinski definition) is 4. The molecule has 0 aromatic heterocycles. The Labute approximate surface area is 124 Å². The third kappa shape index (κ3) is 4.13. The number of aliphatic imine (C=N–C) groups is 1. The molecule has 2 rings (SSSR count). The van der Waals surface area contributed by atoms with Crippen LogP contribution in [0, 0.1) is 11.2 Å². The van der Waals surface area contributed by atoms with Gasteiger partial charge in [0.1, 0.15) is 0 Å². The van der Waals surface area contributed by atoms with Gasteiger partial charge in [0.05, 0.1) is 13.7 Å². The molecule has 0 fully saturated rings. The summed E-state index contributed by atoms with van der Waals surface area (Å²) in [7, 11) is 1.46. The maximum atomic E-state index is 13.3. The highest BCUT2D eigenvalue weighted by Gasteiger charge is 2.25. The fourth-order valence-corrected chi connectivity index (χ4v) is 3.51. The van der Waals surface area contributed by atoms with Crippen molar-refractivity contribution in [1.82, 2.24) is 0 Å². The molecule has 0 spiro atoms. The second-order valence-electron chi connectivity index (χ2n) is 6.12. The molecule has 1 aliphatic rings. The summed E-state index contributed by atoms with van der Waals surface area (Å²) in [6.07, 6.45) is 1.12. The van der Waals surface area contributed by atoms with Gasteiger partial charge in [-0.25, -0.2) is 4.39 Å². The van der Waals surface area contributed by atoms with Crippen molar-refractivity contribution in [3.05, 3.63) is 24.0 Å². The summed E-state index contributed by atoms with van der Waals surface area (Å²) < 4.78 is 18.3. The molecule has 5 heteroatoms. The predicted molar refractivity (Wildman–Crippen MR) is 84.3 cm³/mol. The van der Waals surface area contributed by atoms with Crippen LogP contribution >= 0.6 is 11.8 Å². The van der Waals surface area contributed by atoms with Crippen molar-refractivity contribution in [3.8, 4) is 5.75 Å². The van der Waals surface area contributed by atoms with Crippen LogP contribution in [0.15, 0.2) is 23.2 Å².